The van der Waals surface area contributed by atoms with Crippen LogP contribution in [0.2, 0.25) is 0 Å². The van der Waals surface area contributed by atoms with Gasteiger partial charge in [0.15, 0.2) is 0 Å². The van der Waals surface area contributed by atoms with Crippen molar-refractivity contribution in [1.29, 1.82) is 0 Å². The summed E-state index contributed by atoms with van der Waals surface area (Å²) in [5.74, 6) is 0.355. The van der Waals surface area contributed by atoms with Crippen molar-refractivity contribution in [2.24, 2.45) is 16.8 Å². The van der Waals surface area contributed by atoms with E-state index in [0.29, 0.717) is 12.0 Å². The van der Waals surface area contributed by atoms with E-state index in [1.54, 1.807) is 0 Å². The quantitative estimate of drug-likeness (QED) is 0.525. The lowest BCUT2D eigenvalue weighted by atomic mass is 10.1. The summed E-state index contributed by atoms with van der Waals surface area (Å²) in [4.78, 5) is 0. The Morgan fingerprint density at radius 2 is 2.07 bits per heavy atom. The summed E-state index contributed by atoms with van der Waals surface area (Å²) in [5.41, 5.74) is 6.71. The summed E-state index contributed by atoms with van der Waals surface area (Å²) < 4.78 is 0. The Morgan fingerprint density at radius 1 is 1.50 bits per heavy atom. The minimum absolute atomic E-state index is 0.355. The normalized spacial score (nSPS) is 14.2. The number of hydrazone groups is 1. The first kappa shape index (κ1) is 13.0. The molecule has 3 nitrogen and oxygen atoms in total. The molecule has 0 spiro atoms. The number of rotatable bonds is 6. The minimum Gasteiger partial charge on any atom is -0.401 e. The highest BCUT2D eigenvalue weighted by Gasteiger charge is 2.08. The summed E-state index contributed by atoms with van der Waals surface area (Å²) in [6.07, 6.45) is 4.13. The molecule has 0 fully saturated rings. The Morgan fingerprint density at radius 3 is 2.43 bits per heavy atom. The van der Waals surface area contributed by atoms with E-state index < -0.39 is 0 Å². The maximum absolute atomic E-state index is 5.86. The van der Waals surface area contributed by atoms with Gasteiger partial charge in [0.05, 0.1) is 0 Å². The summed E-state index contributed by atoms with van der Waals surface area (Å²) in [6, 6.07) is 0.370. The number of nitrogens with zero attached hydrogens (tertiary/aromatic N) is 2. The van der Waals surface area contributed by atoms with E-state index in [9.17, 15) is 0 Å². The molecule has 0 saturated carbocycles. The first-order valence-electron chi connectivity index (χ1n) is 5.25. The zero-order valence-electron chi connectivity index (χ0n) is 9.83. The van der Waals surface area contributed by atoms with E-state index in [-0.39, 0.29) is 0 Å². The molecule has 0 aromatic heterocycles. The lowest BCUT2D eigenvalue weighted by Gasteiger charge is -2.23. The fraction of sp³-hybridized carbons (Fsp3) is 0.727. The molecule has 0 amide bonds. The highest BCUT2D eigenvalue weighted by atomic mass is 15.4. The molecule has 14 heavy (non-hydrogen) atoms. The Bertz CT molecular complexity index is 197. The van der Waals surface area contributed by atoms with Crippen LogP contribution in [-0.2, 0) is 0 Å². The van der Waals surface area contributed by atoms with Crippen LogP contribution < -0.4 is 5.73 Å². The van der Waals surface area contributed by atoms with E-state index in [4.69, 9.17) is 5.73 Å². The zero-order chi connectivity index (χ0) is 11.1. The van der Waals surface area contributed by atoms with Gasteiger partial charge in [0.1, 0.15) is 0 Å². The lowest BCUT2D eigenvalue weighted by molar-refractivity contribution is 0.289. The summed E-state index contributed by atoms with van der Waals surface area (Å²) in [7, 11) is 0. The molecule has 1 atom stereocenters. The summed E-state index contributed by atoms with van der Waals surface area (Å²) in [6.45, 7) is 12.0. The molecule has 1 unspecified atom stereocenters. The van der Waals surface area contributed by atoms with Crippen LogP contribution in [0.5, 0.6) is 0 Å². The molecule has 0 aromatic rings. The fourth-order valence-electron chi connectivity index (χ4n) is 1.16. The van der Waals surface area contributed by atoms with Crippen molar-refractivity contribution < 1.29 is 0 Å². The van der Waals surface area contributed by atoms with Crippen LogP contribution in [0.15, 0.2) is 17.0 Å². The monoisotopic (exact) mass is 197 g/mol. The molecule has 2 N–H and O–H groups in total. The Hall–Kier alpha value is -0.990. The van der Waals surface area contributed by atoms with Crippen LogP contribution in [-0.4, -0.2) is 17.8 Å². The Kier molecular flexibility index (Phi) is 6.00. The molecule has 0 aliphatic carbocycles. The second kappa shape index (κ2) is 6.46. The molecule has 0 rings (SSSR count). The fourth-order valence-corrected chi connectivity index (χ4v) is 1.16. The lowest BCUT2D eigenvalue weighted by Crippen LogP contribution is -2.24. The van der Waals surface area contributed by atoms with Crippen LogP contribution in [0, 0.1) is 5.92 Å². The van der Waals surface area contributed by atoms with Crippen molar-refractivity contribution in [3.8, 4) is 0 Å². The molecular weight excluding hydrogens is 174 g/mol. The van der Waals surface area contributed by atoms with Crippen molar-refractivity contribution in [3.63, 3.8) is 0 Å². The number of hydrogen-bond donors (Lipinski definition) is 1. The summed E-state index contributed by atoms with van der Waals surface area (Å²) in [5, 5.41) is 5.80. The van der Waals surface area contributed by atoms with Gasteiger partial charge in [0.2, 0.25) is 0 Å². The van der Waals surface area contributed by atoms with Crippen molar-refractivity contribution >= 4 is 6.72 Å². The van der Waals surface area contributed by atoms with E-state index in [1.807, 2.05) is 11.2 Å². The van der Waals surface area contributed by atoms with E-state index in [1.165, 1.54) is 0 Å². The Labute approximate surface area is 87.7 Å². The van der Waals surface area contributed by atoms with Gasteiger partial charge >= 0.3 is 0 Å². The largest absolute Gasteiger partial charge is 0.401 e. The summed E-state index contributed by atoms with van der Waals surface area (Å²) >= 11 is 0. The van der Waals surface area contributed by atoms with Gasteiger partial charge in [-0.05, 0) is 19.3 Å². The third-order valence-electron chi connectivity index (χ3n) is 2.27. The molecule has 0 radical (unpaired) electrons. The van der Waals surface area contributed by atoms with Gasteiger partial charge in [-0.25, -0.2) is 0 Å². The van der Waals surface area contributed by atoms with Crippen LogP contribution >= 0.6 is 0 Å². The molecular formula is C11H23N3. The third kappa shape index (κ3) is 4.30. The average molecular weight is 197 g/mol. The van der Waals surface area contributed by atoms with Gasteiger partial charge in [-0.2, -0.15) is 5.10 Å². The molecule has 82 valence electrons. The standard InChI is InChI=1S/C11H23N3/c1-6-7-10(4)14(13-5)8-11(12)9(2)3/h8-10H,5-7,12H2,1-4H3/b11-8-. The molecule has 0 saturated heterocycles. The first-order chi connectivity index (χ1) is 6.52. The van der Waals surface area contributed by atoms with Crippen molar-refractivity contribution in [2.75, 3.05) is 0 Å². The van der Waals surface area contributed by atoms with E-state index in [0.717, 1.165) is 18.5 Å². The molecule has 0 aliphatic heterocycles. The van der Waals surface area contributed by atoms with E-state index in [2.05, 4.69) is 39.5 Å². The van der Waals surface area contributed by atoms with Crippen LogP contribution in [0.1, 0.15) is 40.5 Å². The Balaban J connectivity index is 4.41. The maximum Gasteiger partial charge on any atom is 0.0491 e. The van der Waals surface area contributed by atoms with Crippen molar-refractivity contribution in [2.45, 2.75) is 46.6 Å². The van der Waals surface area contributed by atoms with E-state index >= 15 is 0 Å². The third-order valence-corrected chi connectivity index (χ3v) is 2.27. The predicted octanol–water partition coefficient (Wildman–Crippen LogP) is 2.55. The highest BCUT2D eigenvalue weighted by Crippen LogP contribution is 2.11. The predicted molar refractivity (Wildman–Crippen MR) is 62.9 cm³/mol. The van der Waals surface area contributed by atoms with Crippen molar-refractivity contribution in [3.05, 3.63) is 11.9 Å². The van der Waals surface area contributed by atoms with Gasteiger partial charge in [0, 0.05) is 24.7 Å². The molecule has 3 heteroatoms. The second-order valence-corrected chi connectivity index (χ2v) is 3.94. The average Bonchev–Trinajstić information content (AvgIpc) is 2.13. The number of hydrogen-bond acceptors (Lipinski definition) is 3. The second-order valence-electron chi connectivity index (χ2n) is 3.94. The van der Waals surface area contributed by atoms with Crippen LogP contribution in [0.4, 0.5) is 0 Å². The first-order valence-corrected chi connectivity index (χ1v) is 5.25. The number of allylic oxidation sites excluding steroid dienone is 1. The number of nitrogens with two attached hydrogens (primary N) is 1. The smallest absolute Gasteiger partial charge is 0.0491 e. The maximum atomic E-state index is 5.86. The topological polar surface area (TPSA) is 41.6 Å². The van der Waals surface area contributed by atoms with Gasteiger partial charge < -0.3 is 5.73 Å². The van der Waals surface area contributed by atoms with Crippen molar-refractivity contribution in [1.82, 2.24) is 5.01 Å². The molecule has 0 aliphatic rings. The van der Waals surface area contributed by atoms with Crippen LogP contribution in [0.3, 0.4) is 0 Å². The highest BCUT2D eigenvalue weighted by molar-refractivity contribution is 5.23. The van der Waals surface area contributed by atoms with Gasteiger partial charge in [-0.15, -0.1) is 0 Å². The van der Waals surface area contributed by atoms with Crippen LogP contribution in [0.25, 0.3) is 0 Å². The van der Waals surface area contributed by atoms with Gasteiger partial charge in [-0.1, -0.05) is 27.2 Å². The molecule has 0 aromatic carbocycles. The minimum atomic E-state index is 0.355. The molecule has 0 bridgehead atoms. The van der Waals surface area contributed by atoms with Gasteiger partial charge in [-0.3, -0.25) is 5.01 Å². The zero-order valence-corrected chi connectivity index (χ0v) is 9.83. The van der Waals surface area contributed by atoms with Gasteiger partial charge in [0.25, 0.3) is 0 Å². The molecule has 0 heterocycles. The SMILES string of the molecule is C=NN(/C=C(\N)C(C)C)C(C)CCC.